The van der Waals surface area contributed by atoms with Gasteiger partial charge in [0, 0.05) is 17.1 Å². The van der Waals surface area contributed by atoms with E-state index < -0.39 is 0 Å². The third kappa shape index (κ3) is 2.39. The molecule has 6 heteroatoms. The summed E-state index contributed by atoms with van der Waals surface area (Å²) in [6.07, 6.45) is 1.75. The van der Waals surface area contributed by atoms with Crippen molar-refractivity contribution >= 4 is 15.9 Å². The normalized spacial score (nSPS) is 12.4. The Balaban J connectivity index is 2.48. The number of hydrogen-bond acceptors (Lipinski definition) is 4. The Morgan fingerprint density at radius 2 is 2.22 bits per heavy atom. The maximum Gasteiger partial charge on any atom is 0.125 e. The average Bonchev–Trinajstić information content (AvgIpc) is 2.78. The first-order chi connectivity index (χ1) is 8.67. The van der Waals surface area contributed by atoms with Crippen LogP contribution in [-0.2, 0) is 7.05 Å². The minimum Gasteiger partial charge on any atom is -0.496 e. The standard InChI is InChI=1S/C12H15BrN4O/c1-14-12(10-7-15-16-17(10)2)9-5-4-8(13)6-11(9)18-3/h4-7,12,14H,1-3H3. The molecule has 1 aromatic carbocycles. The summed E-state index contributed by atoms with van der Waals surface area (Å²) in [5, 5.41) is 11.1. The van der Waals surface area contributed by atoms with Crippen LogP contribution >= 0.6 is 15.9 Å². The fourth-order valence-corrected chi connectivity index (χ4v) is 2.29. The first kappa shape index (κ1) is 13.0. The van der Waals surface area contributed by atoms with Gasteiger partial charge >= 0.3 is 0 Å². The molecule has 0 aliphatic rings. The summed E-state index contributed by atoms with van der Waals surface area (Å²) < 4.78 is 8.17. The molecule has 18 heavy (non-hydrogen) atoms. The molecule has 5 nitrogen and oxygen atoms in total. The van der Waals surface area contributed by atoms with Crippen LogP contribution in [0.5, 0.6) is 5.75 Å². The van der Waals surface area contributed by atoms with Crippen molar-refractivity contribution in [2.75, 3.05) is 14.2 Å². The van der Waals surface area contributed by atoms with Gasteiger partial charge in [0.1, 0.15) is 5.75 Å². The molecule has 2 aromatic rings. The van der Waals surface area contributed by atoms with Crippen LogP contribution in [0.2, 0.25) is 0 Å². The number of benzene rings is 1. The molecule has 0 amide bonds. The van der Waals surface area contributed by atoms with Crippen molar-refractivity contribution in [3.63, 3.8) is 0 Å². The Morgan fingerprint density at radius 3 is 2.78 bits per heavy atom. The van der Waals surface area contributed by atoms with Crippen molar-refractivity contribution in [1.29, 1.82) is 0 Å². The highest BCUT2D eigenvalue weighted by Gasteiger charge is 2.20. The topological polar surface area (TPSA) is 52.0 Å². The zero-order valence-corrected chi connectivity index (χ0v) is 12.1. The van der Waals surface area contributed by atoms with Crippen LogP contribution in [0.15, 0.2) is 28.9 Å². The highest BCUT2D eigenvalue weighted by Crippen LogP contribution is 2.31. The van der Waals surface area contributed by atoms with Crippen LogP contribution in [0.4, 0.5) is 0 Å². The number of ether oxygens (including phenoxy) is 1. The first-order valence-electron chi connectivity index (χ1n) is 5.52. The Morgan fingerprint density at radius 1 is 1.44 bits per heavy atom. The molecular weight excluding hydrogens is 296 g/mol. The van der Waals surface area contributed by atoms with Gasteiger partial charge in [-0.25, -0.2) is 0 Å². The van der Waals surface area contributed by atoms with Gasteiger partial charge in [-0.3, -0.25) is 4.68 Å². The monoisotopic (exact) mass is 310 g/mol. The van der Waals surface area contributed by atoms with E-state index >= 15 is 0 Å². The van der Waals surface area contributed by atoms with Crippen LogP contribution < -0.4 is 10.1 Å². The van der Waals surface area contributed by atoms with Crippen molar-refractivity contribution in [3.05, 3.63) is 40.1 Å². The Labute approximate surface area is 114 Å². The van der Waals surface area contributed by atoms with Crippen LogP contribution in [0.25, 0.3) is 0 Å². The van der Waals surface area contributed by atoms with Crippen molar-refractivity contribution in [2.45, 2.75) is 6.04 Å². The summed E-state index contributed by atoms with van der Waals surface area (Å²) in [5.41, 5.74) is 2.03. The van der Waals surface area contributed by atoms with Crippen LogP contribution in [0.1, 0.15) is 17.3 Å². The van der Waals surface area contributed by atoms with Crippen molar-refractivity contribution < 1.29 is 4.74 Å². The lowest BCUT2D eigenvalue weighted by atomic mass is 10.0. The Bertz CT molecular complexity index is 541. The molecule has 0 aliphatic heterocycles. The van der Waals surface area contributed by atoms with Crippen LogP contribution in [0.3, 0.4) is 0 Å². The van der Waals surface area contributed by atoms with Gasteiger partial charge in [-0.05, 0) is 19.2 Å². The second-order valence-electron chi connectivity index (χ2n) is 3.89. The minimum atomic E-state index is -0.00644. The molecule has 1 N–H and O–H groups in total. The van der Waals surface area contributed by atoms with E-state index in [1.54, 1.807) is 18.0 Å². The van der Waals surface area contributed by atoms with E-state index in [1.165, 1.54) is 0 Å². The van der Waals surface area contributed by atoms with Crippen LogP contribution in [-0.4, -0.2) is 29.2 Å². The molecule has 1 heterocycles. The lowest BCUT2D eigenvalue weighted by molar-refractivity contribution is 0.404. The summed E-state index contributed by atoms with van der Waals surface area (Å²) in [5.74, 6) is 0.824. The molecule has 2 rings (SSSR count). The summed E-state index contributed by atoms with van der Waals surface area (Å²) in [6.45, 7) is 0. The van der Waals surface area contributed by atoms with E-state index in [2.05, 4.69) is 31.6 Å². The summed E-state index contributed by atoms with van der Waals surface area (Å²) in [7, 11) is 5.44. The van der Waals surface area contributed by atoms with Gasteiger partial charge in [-0.15, -0.1) is 5.10 Å². The smallest absolute Gasteiger partial charge is 0.125 e. The highest BCUT2D eigenvalue weighted by atomic mass is 79.9. The van der Waals surface area contributed by atoms with E-state index in [0.717, 1.165) is 21.5 Å². The van der Waals surface area contributed by atoms with Gasteiger partial charge < -0.3 is 10.1 Å². The van der Waals surface area contributed by atoms with E-state index in [4.69, 9.17) is 4.74 Å². The molecule has 0 fully saturated rings. The summed E-state index contributed by atoms with van der Waals surface area (Å²) in [6, 6.07) is 5.96. The quantitative estimate of drug-likeness (QED) is 0.937. The molecule has 0 saturated carbocycles. The largest absolute Gasteiger partial charge is 0.496 e. The second kappa shape index (κ2) is 5.49. The predicted octanol–water partition coefficient (Wildman–Crippen LogP) is 1.89. The number of nitrogens with one attached hydrogen (secondary N) is 1. The third-order valence-corrected chi connectivity index (χ3v) is 3.33. The van der Waals surface area contributed by atoms with Gasteiger partial charge in [-0.1, -0.05) is 27.2 Å². The number of halogens is 1. The molecule has 1 unspecified atom stereocenters. The van der Waals surface area contributed by atoms with Gasteiger partial charge in [-0.2, -0.15) is 0 Å². The molecule has 1 aromatic heterocycles. The number of rotatable bonds is 4. The molecule has 1 atom stereocenters. The van der Waals surface area contributed by atoms with Gasteiger partial charge in [0.2, 0.25) is 0 Å². The lowest BCUT2D eigenvalue weighted by Gasteiger charge is -2.19. The zero-order valence-electron chi connectivity index (χ0n) is 10.5. The number of hydrogen-bond donors (Lipinski definition) is 1. The molecule has 0 aliphatic carbocycles. The molecule has 96 valence electrons. The molecule has 0 bridgehead atoms. The van der Waals surface area contributed by atoms with Crippen molar-refractivity contribution in [1.82, 2.24) is 20.3 Å². The van der Waals surface area contributed by atoms with E-state index in [9.17, 15) is 0 Å². The summed E-state index contributed by atoms with van der Waals surface area (Å²) >= 11 is 3.44. The maximum atomic E-state index is 5.43. The third-order valence-electron chi connectivity index (χ3n) is 2.84. The van der Waals surface area contributed by atoms with Gasteiger partial charge in [0.15, 0.2) is 0 Å². The second-order valence-corrected chi connectivity index (χ2v) is 4.81. The fraction of sp³-hybridized carbons (Fsp3) is 0.333. The Hall–Kier alpha value is -1.40. The number of methoxy groups -OCH3 is 1. The fourth-order valence-electron chi connectivity index (χ4n) is 1.95. The van der Waals surface area contributed by atoms with Gasteiger partial charge in [0.05, 0.1) is 25.0 Å². The summed E-state index contributed by atoms with van der Waals surface area (Å²) in [4.78, 5) is 0. The predicted molar refractivity (Wildman–Crippen MR) is 72.6 cm³/mol. The number of aryl methyl sites for hydroxylation is 1. The number of aromatic nitrogens is 3. The highest BCUT2D eigenvalue weighted by molar-refractivity contribution is 9.10. The van der Waals surface area contributed by atoms with E-state index in [-0.39, 0.29) is 6.04 Å². The minimum absolute atomic E-state index is 0.00644. The van der Waals surface area contributed by atoms with Crippen molar-refractivity contribution in [3.8, 4) is 5.75 Å². The van der Waals surface area contributed by atoms with E-state index in [0.29, 0.717) is 0 Å². The first-order valence-corrected chi connectivity index (χ1v) is 6.32. The van der Waals surface area contributed by atoms with Crippen molar-refractivity contribution in [2.24, 2.45) is 7.05 Å². The Kier molecular flexibility index (Phi) is 3.98. The average molecular weight is 311 g/mol. The number of nitrogens with zero attached hydrogens (tertiary/aromatic N) is 3. The van der Waals surface area contributed by atoms with Crippen LogP contribution in [0, 0.1) is 0 Å². The molecule has 0 saturated heterocycles. The van der Waals surface area contributed by atoms with E-state index in [1.807, 2.05) is 32.3 Å². The molecule has 0 spiro atoms. The SMILES string of the molecule is CNC(c1ccc(Br)cc1OC)c1cnnn1C. The van der Waals surface area contributed by atoms with Gasteiger partial charge in [0.25, 0.3) is 0 Å². The molecular formula is C12H15BrN4O. The zero-order chi connectivity index (χ0) is 13.1. The molecule has 0 radical (unpaired) electrons. The maximum absolute atomic E-state index is 5.43. The lowest BCUT2D eigenvalue weighted by Crippen LogP contribution is -2.21.